The Morgan fingerprint density at radius 2 is 2.07 bits per heavy atom. The van der Waals surface area contributed by atoms with Crippen molar-refractivity contribution in [2.75, 3.05) is 5.73 Å². The normalized spacial score (nSPS) is 8.71. The van der Waals surface area contributed by atoms with Crippen LogP contribution in [0.25, 0.3) is 0 Å². The number of nitrogens with zero attached hydrogens (tertiary/aromatic N) is 2. The highest BCUT2D eigenvalue weighted by Gasteiger charge is 2.01. The van der Waals surface area contributed by atoms with Crippen LogP contribution < -0.4 is 5.73 Å². The molecule has 0 bridgehead atoms. The van der Waals surface area contributed by atoms with E-state index in [4.69, 9.17) is 5.73 Å². The second-order valence-electron chi connectivity index (χ2n) is 2.58. The first kappa shape index (κ1) is 16.7. The lowest BCUT2D eigenvalue weighted by Crippen LogP contribution is -2.02. The summed E-state index contributed by atoms with van der Waals surface area (Å²) in [5.74, 6) is 1.42. The number of hydrogen-bond donors (Lipinski definition) is 1. The van der Waals surface area contributed by atoms with Gasteiger partial charge in [0.2, 0.25) is 0 Å². The van der Waals surface area contributed by atoms with E-state index in [1.807, 2.05) is 0 Å². The van der Waals surface area contributed by atoms with Gasteiger partial charge in [0.25, 0.3) is 0 Å². The highest BCUT2D eigenvalue weighted by Crippen LogP contribution is 2.11. The Morgan fingerprint density at radius 3 is 2.50 bits per heavy atom. The maximum Gasteiger partial charge on any atom is 0.131 e. The number of aryl methyl sites for hydroxylation is 1. The molecule has 0 unspecified atom stereocenters. The molecule has 82 valence electrons. The number of aromatic nitrogens is 2. The van der Waals surface area contributed by atoms with Crippen molar-refractivity contribution in [1.29, 1.82) is 0 Å². The molecule has 0 aliphatic carbocycles. The first-order valence-electron chi connectivity index (χ1n) is 3.94. The summed E-state index contributed by atoms with van der Waals surface area (Å²) in [4.78, 5) is 8.35. The third kappa shape index (κ3) is 4.70. The Bertz CT molecular complexity index is 268. The Hall–Kier alpha value is 0.320. The van der Waals surface area contributed by atoms with Crippen LogP contribution in [0.2, 0.25) is 0 Å². The zero-order valence-electron chi connectivity index (χ0n) is 7.86. The molecule has 3 nitrogen and oxygen atoms in total. The second-order valence-corrected chi connectivity index (χ2v) is 3.14. The number of anilines is 1. The summed E-state index contributed by atoms with van der Waals surface area (Å²) in [5, 5.41) is 0.714. The minimum Gasteiger partial charge on any atom is -0.383 e. The molecule has 1 aromatic heterocycles. The topological polar surface area (TPSA) is 51.8 Å². The van der Waals surface area contributed by atoms with Gasteiger partial charge in [-0.2, -0.15) is 0 Å². The van der Waals surface area contributed by atoms with E-state index < -0.39 is 0 Å². The molecule has 2 N–H and O–H groups in total. The van der Waals surface area contributed by atoms with E-state index >= 15 is 0 Å². The lowest BCUT2D eigenvalue weighted by molar-refractivity contribution is 0.833. The van der Waals surface area contributed by atoms with Crippen LogP contribution in [0.1, 0.15) is 24.7 Å². The van der Waals surface area contributed by atoms with E-state index in [9.17, 15) is 0 Å². The number of halogens is 3. The van der Waals surface area contributed by atoms with Gasteiger partial charge in [-0.3, -0.25) is 0 Å². The molecule has 0 atom stereocenters. The lowest BCUT2D eigenvalue weighted by atomic mass is 10.3. The van der Waals surface area contributed by atoms with Crippen LogP contribution in [0.5, 0.6) is 0 Å². The van der Waals surface area contributed by atoms with Crippen molar-refractivity contribution in [3.8, 4) is 0 Å². The maximum absolute atomic E-state index is 5.68. The Labute approximate surface area is 114 Å². The zero-order chi connectivity index (χ0) is 8.97. The fourth-order valence-corrected chi connectivity index (χ4v) is 1.34. The Morgan fingerprint density at radius 1 is 1.43 bits per heavy atom. The molecule has 1 aromatic rings. The molecule has 0 aliphatic heterocycles. The van der Waals surface area contributed by atoms with E-state index in [1.54, 1.807) is 6.20 Å². The molecule has 0 spiro atoms. The van der Waals surface area contributed by atoms with E-state index in [1.165, 1.54) is 0 Å². The van der Waals surface area contributed by atoms with Crippen molar-refractivity contribution in [2.24, 2.45) is 0 Å². The van der Waals surface area contributed by atoms with Crippen LogP contribution in [0, 0.1) is 0 Å². The summed E-state index contributed by atoms with van der Waals surface area (Å²) in [5.41, 5.74) is 6.63. The third-order valence-corrected chi connectivity index (χ3v) is 2.17. The molecule has 1 heterocycles. The number of rotatable bonds is 3. The predicted octanol–water partition coefficient (Wildman–Crippen LogP) is 3.06. The zero-order valence-corrected chi connectivity index (χ0v) is 12.9. The molecule has 0 radical (unpaired) electrons. The van der Waals surface area contributed by atoms with Gasteiger partial charge in [0.05, 0.1) is 0 Å². The van der Waals surface area contributed by atoms with Gasteiger partial charge in [0.1, 0.15) is 11.6 Å². The van der Waals surface area contributed by atoms with E-state index in [0.29, 0.717) is 11.1 Å². The lowest BCUT2D eigenvalue weighted by Gasteiger charge is -2.02. The van der Waals surface area contributed by atoms with Gasteiger partial charge >= 0.3 is 0 Å². The van der Waals surface area contributed by atoms with Crippen molar-refractivity contribution in [1.82, 2.24) is 9.97 Å². The summed E-state index contributed by atoms with van der Waals surface area (Å²) < 4.78 is 0. The van der Waals surface area contributed by atoms with Crippen LogP contribution >= 0.6 is 49.9 Å². The van der Waals surface area contributed by atoms with Crippen molar-refractivity contribution in [2.45, 2.75) is 25.1 Å². The number of alkyl halides is 1. The van der Waals surface area contributed by atoms with E-state index in [0.717, 1.165) is 24.2 Å². The maximum atomic E-state index is 5.68. The molecule has 6 heteroatoms. The van der Waals surface area contributed by atoms with E-state index in [-0.39, 0.29) is 34.0 Å². The van der Waals surface area contributed by atoms with Gasteiger partial charge in [-0.1, -0.05) is 22.9 Å². The quantitative estimate of drug-likeness (QED) is 0.805. The van der Waals surface area contributed by atoms with E-state index in [2.05, 4.69) is 32.8 Å². The number of hydrogen-bond acceptors (Lipinski definition) is 3. The smallest absolute Gasteiger partial charge is 0.131 e. The summed E-state index contributed by atoms with van der Waals surface area (Å²) >= 11 is 3.31. The molecule has 0 fully saturated rings. The molecular weight excluding hydrogens is 378 g/mol. The molecule has 0 saturated heterocycles. The standard InChI is InChI=1S/C8H12BrN3.2BrH/c1-2-3-7-11-5-6(4-9)8(10)12-7;;/h5H,2-4H2,1H3,(H2,10,11,12);2*1H. The molecule has 0 saturated carbocycles. The van der Waals surface area contributed by atoms with Crippen molar-refractivity contribution >= 4 is 55.7 Å². The third-order valence-electron chi connectivity index (χ3n) is 1.57. The molecule has 14 heavy (non-hydrogen) atoms. The summed E-state index contributed by atoms with van der Waals surface area (Å²) in [6.45, 7) is 2.10. The van der Waals surface area contributed by atoms with Crippen molar-refractivity contribution in [3.05, 3.63) is 17.6 Å². The van der Waals surface area contributed by atoms with Crippen LogP contribution in [0.4, 0.5) is 5.82 Å². The molecular formula is C8H14Br3N3. The minimum atomic E-state index is 0. The highest BCUT2D eigenvalue weighted by atomic mass is 79.9. The molecule has 0 aliphatic rings. The Kier molecular flexibility index (Phi) is 10.3. The first-order chi connectivity index (χ1) is 5.77. The monoisotopic (exact) mass is 389 g/mol. The molecule has 0 aromatic carbocycles. The van der Waals surface area contributed by atoms with Crippen LogP contribution in [0.15, 0.2) is 6.20 Å². The fraction of sp³-hybridized carbons (Fsp3) is 0.500. The summed E-state index contributed by atoms with van der Waals surface area (Å²) in [6.07, 6.45) is 3.72. The van der Waals surface area contributed by atoms with Gasteiger partial charge in [-0.15, -0.1) is 34.0 Å². The number of nitrogen functional groups attached to an aromatic ring is 1. The second kappa shape index (κ2) is 8.61. The van der Waals surface area contributed by atoms with Gasteiger partial charge in [0, 0.05) is 23.5 Å². The van der Waals surface area contributed by atoms with Crippen LogP contribution in [0.3, 0.4) is 0 Å². The summed E-state index contributed by atoms with van der Waals surface area (Å²) in [6, 6.07) is 0. The SMILES string of the molecule is Br.Br.CCCc1ncc(CBr)c(N)n1. The van der Waals surface area contributed by atoms with Gasteiger partial charge in [-0.25, -0.2) is 9.97 Å². The fourth-order valence-electron chi connectivity index (χ4n) is 0.905. The summed E-state index contributed by atoms with van der Waals surface area (Å²) in [7, 11) is 0. The predicted molar refractivity (Wildman–Crippen MR) is 73.7 cm³/mol. The minimum absolute atomic E-state index is 0. The molecule has 0 amide bonds. The van der Waals surface area contributed by atoms with Gasteiger partial charge in [0.15, 0.2) is 0 Å². The van der Waals surface area contributed by atoms with Gasteiger partial charge in [-0.05, 0) is 6.42 Å². The number of nitrogens with two attached hydrogens (primary N) is 1. The van der Waals surface area contributed by atoms with Crippen molar-refractivity contribution < 1.29 is 0 Å². The Balaban J connectivity index is 0. The average Bonchev–Trinajstić information content (AvgIpc) is 2.05. The van der Waals surface area contributed by atoms with Crippen LogP contribution in [-0.2, 0) is 11.8 Å². The van der Waals surface area contributed by atoms with Crippen molar-refractivity contribution in [3.63, 3.8) is 0 Å². The average molecular weight is 392 g/mol. The van der Waals surface area contributed by atoms with Gasteiger partial charge < -0.3 is 5.73 Å². The highest BCUT2D eigenvalue weighted by molar-refractivity contribution is 9.08. The first-order valence-corrected chi connectivity index (χ1v) is 5.06. The largest absolute Gasteiger partial charge is 0.383 e. The van der Waals surface area contributed by atoms with Crippen LogP contribution in [-0.4, -0.2) is 9.97 Å². The molecule has 1 rings (SSSR count).